The highest BCUT2D eigenvalue weighted by Gasteiger charge is 2.40. The molecule has 1 atom stereocenters. The third-order valence-corrected chi connectivity index (χ3v) is 11.3. The Morgan fingerprint density at radius 1 is 0.576 bits per heavy atom. The van der Waals surface area contributed by atoms with Crippen LogP contribution in [0.15, 0.2) is 0 Å². The Labute approximate surface area is 358 Å². The van der Waals surface area contributed by atoms with Crippen molar-refractivity contribution < 1.29 is 52.4 Å². The van der Waals surface area contributed by atoms with Gasteiger partial charge in [0.25, 0.3) is 0 Å². The van der Waals surface area contributed by atoms with Crippen LogP contribution in [0.5, 0.6) is 0 Å². The molecule has 0 aromatic rings. The molecular formula is C47H85NO11. The molecule has 2 saturated heterocycles. The van der Waals surface area contributed by atoms with Gasteiger partial charge in [-0.05, 0) is 32.1 Å². The summed E-state index contributed by atoms with van der Waals surface area (Å²) in [6.07, 6.45) is 30.3. The van der Waals surface area contributed by atoms with Crippen LogP contribution in [-0.4, -0.2) is 87.7 Å². The van der Waals surface area contributed by atoms with E-state index in [0.717, 1.165) is 57.8 Å². The number of hydrogen-bond acceptors (Lipinski definition) is 11. The molecule has 0 spiro atoms. The Morgan fingerprint density at radius 3 is 1.39 bits per heavy atom. The van der Waals surface area contributed by atoms with Crippen molar-refractivity contribution in [2.75, 3.05) is 40.6 Å². The fraction of sp³-hybridized carbons (Fsp3) is 0.894. The summed E-state index contributed by atoms with van der Waals surface area (Å²) in [7, 11) is 2.71. The molecule has 1 aliphatic carbocycles. The lowest BCUT2D eigenvalue weighted by Crippen LogP contribution is -2.43. The van der Waals surface area contributed by atoms with E-state index in [1.807, 2.05) is 0 Å². The van der Waals surface area contributed by atoms with E-state index in [2.05, 4.69) is 30.8 Å². The minimum absolute atomic E-state index is 0.000378. The smallest absolute Gasteiger partial charge is 0.313 e. The number of hydrogen-bond donors (Lipinski definition) is 1. The Balaban J connectivity index is 0.000000454. The predicted molar refractivity (Wildman–Crippen MR) is 231 cm³/mol. The number of Topliss-reactive ketones (excluding diaryl/α,β-unsaturated/α-hetero) is 2. The predicted octanol–water partition coefficient (Wildman–Crippen LogP) is 10.2. The van der Waals surface area contributed by atoms with Crippen molar-refractivity contribution in [3.8, 4) is 0 Å². The number of unbranched alkanes of at least 4 members (excludes halogenated alkanes) is 18. The van der Waals surface area contributed by atoms with Crippen LogP contribution in [-0.2, 0) is 52.4 Å². The Kier molecular flexibility index (Phi) is 32.6. The first kappa shape index (κ1) is 54.6. The lowest BCUT2D eigenvalue weighted by molar-refractivity contribution is -0.184. The molecule has 3 rings (SSSR count). The highest BCUT2D eigenvalue weighted by atomic mass is 16.7. The molecule has 1 amide bonds. The van der Waals surface area contributed by atoms with Crippen LogP contribution >= 0.6 is 0 Å². The molecule has 344 valence electrons. The molecule has 0 aromatic heterocycles. The maximum absolute atomic E-state index is 12.3. The summed E-state index contributed by atoms with van der Waals surface area (Å²) in [5.74, 6) is -2.14. The molecule has 0 bridgehead atoms. The van der Waals surface area contributed by atoms with Gasteiger partial charge in [-0.25, -0.2) is 0 Å². The van der Waals surface area contributed by atoms with Gasteiger partial charge in [-0.1, -0.05) is 136 Å². The van der Waals surface area contributed by atoms with E-state index >= 15 is 0 Å². The molecule has 12 heteroatoms. The average Bonchev–Trinajstić information content (AvgIpc) is 3.99. The summed E-state index contributed by atoms with van der Waals surface area (Å²) in [6, 6.07) is -0.297. The van der Waals surface area contributed by atoms with Crippen molar-refractivity contribution in [2.45, 2.75) is 231 Å². The maximum atomic E-state index is 12.3. The second-order valence-corrected chi connectivity index (χ2v) is 16.5. The van der Waals surface area contributed by atoms with Gasteiger partial charge in [-0.3, -0.25) is 24.0 Å². The zero-order valence-electron chi connectivity index (χ0n) is 38.1. The minimum atomic E-state index is -0.769. The number of rotatable bonds is 31. The van der Waals surface area contributed by atoms with Crippen molar-refractivity contribution in [1.82, 2.24) is 5.32 Å². The van der Waals surface area contributed by atoms with Gasteiger partial charge in [0.2, 0.25) is 5.91 Å². The summed E-state index contributed by atoms with van der Waals surface area (Å²) in [4.78, 5) is 57.4. The first-order valence-corrected chi connectivity index (χ1v) is 23.6. The average molecular weight is 840 g/mol. The molecule has 3 fully saturated rings. The van der Waals surface area contributed by atoms with E-state index in [0.29, 0.717) is 39.3 Å². The minimum Gasteiger partial charge on any atom is -0.469 e. The standard InChI is InChI=1S/C19H33NO4.C15H28O4.C13H24O3/c1-2-3-4-5-6-7-8-12-19(23-13-14-24-19)15-18(22)20-16-10-9-11-17(16)21;1-3-4-5-6-7-8-9-10-15(13-14(16)17-2)18-11-12-19-15;1-3-4-5-6-7-8-9-10-12(14)11-13(15)16-2/h16H,2-15H2,1H3,(H,20,22);3-13H2,1-2H3;3-11H2,1-2H3/t16-;;/m0../s1. The summed E-state index contributed by atoms with van der Waals surface area (Å²) >= 11 is 0. The number of esters is 2. The Morgan fingerprint density at radius 2 is 0.983 bits per heavy atom. The summed E-state index contributed by atoms with van der Waals surface area (Å²) < 4.78 is 32.0. The van der Waals surface area contributed by atoms with E-state index in [4.69, 9.17) is 23.7 Å². The summed E-state index contributed by atoms with van der Waals surface area (Å²) in [6.45, 7) is 8.90. The zero-order chi connectivity index (χ0) is 43.5. The number of carbonyl (C=O) groups is 5. The van der Waals surface area contributed by atoms with Crippen molar-refractivity contribution in [3.05, 3.63) is 0 Å². The zero-order valence-corrected chi connectivity index (χ0v) is 38.1. The summed E-state index contributed by atoms with van der Waals surface area (Å²) in [5, 5.41) is 2.86. The van der Waals surface area contributed by atoms with Gasteiger partial charge in [0.1, 0.15) is 12.2 Å². The first-order valence-electron chi connectivity index (χ1n) is 23.6. The number of amides is 1. The molecular weight excluding hydrogens is 755 g/mol. The van der Waals surface area contributed by atoms with Crippen molar-refractivity contribution >= 4 is 29.4 Å². The number of ether oxygens (including phenoxy) is 6. The molecule has 0 unspecified atom stereocenters. The molecule has 1 N–H and O–H groups in total. The molecule has 3 aliphatic rings. The van der Waals surface area contributed by atoms with Crippen LogP contribution in [0.25, 0.3) is 0 Å². The van der Waals surface area contributed by atoms with Gasteiger partial charge in [-0.15, -0.1) is 0 Å². The number of ketones is 2. The number of nitrogens with one attached hydrogen (secondary N) is 1. The normalized spacial score (nSPS) is 17.7. The molecule has 1 saturated carbocycles. The largest absolute Gasteiger partial charge is 0.469 e. The van der Waals surface area contributed by atoms with E-state index < -0.39 is 17.5 Å². The van der Waals surface area contributed by atoms with Gasteiger partial charge < -0.3 is 33.7 Å². The van der Waals surface area contributed by atoms with Gasteiger partial charge in [0.05, 0.1) is 59.5 Å². The highest BCUT2D eigenvalue weighted by Crippen LogP contribution is 2.31. The van der Waals surface area contributed by atoms with E-state index in [-0.39, 0.29) is 48.7 Å². The second-order valence-electron chi connectivity index (χ2n) is 16.5. The van der Waals surface area contributed by atoms with Crippen LogP contribution in [0.1, 0.15) is 213 Å². The van der Waals surface area contributed by atoms with Crippen molar-refractivity contribution in [3.63, 3.8) is 0 Å². The van der Waals surface area contributed by atoms with Crippen LogP contribution in [0, 0.1) is 0 Å². The second kappa shape index (κ2) is 35.2. The van der Waals surface area contributed by atoms with Gasteiger partial charge in [0.15, 0.2) is 17.4 Å². The number of carbonyl (C=O) groups excluding carboxylic acids is 5. The third kappa shape index (κ3) is 27.2. The maximum Gasteiger partial charge on any atom is 0.313 e. The van der Waals surface area contributed by atoms with Crippen LogP contribution in [0.2, 0.25) is 0 Å². The van der Waals surface area contributed by atoms with Gasteiger partial charge in [-0.2, -0.15) is 0 Å². The molecule has 12 nitrogen and oxygen atoms in total. The molecule has 0 aromatic carbocycles. The fourth-order valence-corrected chi connectivity index (χ4v) is 7.72. The topological polar surface area (TPSA) is 153 Å². The van der Waals surface area contributed by atoms with E-state index in [1.54, 1.807) is 0 Å². The fourth-order valence-electron chi connectivity index (χ4n) is 7.72. The van der Waals surface area contributed by atoms with Gasteiger partial charge >= 0.3 is 11.9 Å². The lowest BCUT2D eigenvalue weighted by atomic mass is 10.0. The molecule has 0 radical (unpaired) electrons. The lowest BCUT2D eigenvalue weighted by Gasteiger charge is -2.27. The van der Waals surface area contributed by atoms with Crippen LogP contribution in [0.4, 0.5) is 0 Å². The van der Waals surface area contributed by atoms with Crippen LogP contribution < -0.4 is 5.32 Å². The Hall–Kier alpha value is -2.41. The number of methoxy groups -OCH3 is 2. The van der Waals surface area contributed by atoms with E-state index in [1.165, 1.54) is 117 Å². The molecule has 2 aliphatic heterocycles. The van der Waals surface area contributed by atoms with E-state index in [9.17, 15) is 24.0 Å². The SMILES string of the molecule is CCCCCCCCCC(=O)CC(=O)OC.CCCCCCCCCC1(CC(=O)N[C@H]2CCCC2=O)OCCO1.CCCCCCCCCC1(CC(=O)OC)OCCO1. The third-order valence-electron chi connectivity index (χ3n) is 11.3. The first-order chi connectivity index (χ1) is 28.6. The van der Waals surface area contributed by atoms with Gasteiger partial charge in [0, 0.05) is 25.7 Å². The van der Waals surface area contributed by atoms with Crippen molar-refractivity contribution in [2.24, 2.45) is 0 Å². The van der Waals surface area contributed by atoms with Crippen molar-refractivity contribution in [1.29, 1.82) is 0 Å². The highest BCUT2D eigenvalue weighted by molar-refractivity contribution is 5.95. The summed E-state index contributed by atoms with van der Waals surface area (Å²) in [5.41, 5.74) is 0. The quantitative estimate of drug-likeness (QED) is 0.0403. The van der Waals surface area contributed by atoms with Crippen LogP contribution in [0.3, 0.4) is 0 Å². The molecule has 2 heterocycles. The Bertz CT molecular complexity index is 1120. The molecule has 59 heavy (non-hydrogen) atoms. The monoisotopic (exact) mass is 840 g/mol.